The Morgan fingerprint density at radius 1 is 1.08 bits per heavy atom. The topological polar surface area (TPSA) is 73.3 Å². The van der Waals surface area contributed by atoms with Crippen LogP contribution in [-0.4, -0.2) is 23.0 Å². The number of hydrogen-bond acceptors (Lipinski definition) is 5. The van der Waals surface area contributed by atoms with Crippen molar-refractivity contribution in [2.75, 3.05) is 12.4 Å². The van der Waals surface area contributed by atoms with Crippen molar-refractivity contribution >= 4 is 23.2 Å². The van der Waals surface area contributed by atoms with Crippen molar-refractivity contribution in [3.05, 3.63) is 71.5 Å². The van der Waals surface area contributed by atoms with E-state index in [-0.39, 0.29) is 11.9 Å². The fourth-order valence-corrected chi connectivity index (χ4v) is 2.26. The molecule has 0 aliphatic heterocycles. The van der Waals surface area contributed by atoms with Gasteiger partial charge in [-0.2, -0.15) is 0 Å². The van der Waals surface area contributed by atoms with Crippen LogP contribution in [0.2, 0.25) is 5.02 Å². The molecular formula is C18H14ClN3O3. The molecule has 6 nitrogen and oxygen atoms in total. The normalized spacial score (nSPS) is 10.2. The van der Waals surface area contributed by atoms with Gasteiger partial charge in [0.15, 0.2) is 0 Å². The molecule has 0 bridgehead atoms. The maximum absolute atomic E-state index is 12.4. The lowest BCUT2D eigenvalue weighted by Crippen LogP contribution is -2.13. The van der Waals surface area contributed by atoms with E-state index >= 15 is 0 Å². The maximum Gasteiger partial charge on any atom is 0.322 e. The van der Waals surface area contributed by atoms with Crippen LogP contribution in [0.15, 0.2) is 60.9 Å². The quantitative estimate of drug-likeness (QED) is 0.743. The van der Waals surface area contributed by atoms with Gasteiger partial charge in [0, 0.05) is 5.02 Å². The molecule has 3 rings (SSSR count). The van der Waals surface area contributed by atoms with Crippen LogP contribution >= 0.6 is 11.6 Å². The number of benzene rings is 2. The molecule has 0 aliphatic rings. The first-order valence-corrected chi connectivity index (χ1v) is 7.73. The number of nitrogens with one attached hydrogen (secondary N) is 1. The number of ether oxygens (including phenoxy) is 2. The highest BCUT2D eigenvalue weighted by Gasteiger charge is 2.13. The molecule has 0 radical (unpaired) electrons. The molecule has 0 fully saturated rings. The van der Waals surface area contributed by atoms with Crippen LogP contribution < -0.4 is 14.8 Å². The van der Waals surface area contributed by atoms with Crippen molar-refractivity contribution in [3.8, 4) is 17.5 Å². The first-order valence-electron chi connectivity index (χ1n) is 7.35. The number of hydrogen-bond donors (Lipinski definition) is 1. The Bertz CT molecular complexity index is 870. The minimum absolute atomic E-state index is 0.185. The zero-order valence-electron chi connectivity index (χ0n) is 13.3. The number of rotatable bonds is 5. The summed E-state index contributed by atoms with van der Waals surface area (Å²) in [7, 11) is 1.48. The fraction of sp³-hybridized carbons (Fsp3) is 0.0556. The van der Waals surface area contributed by atoms with Crippen LogP contribution in [-0.2, 0) is 0 Å². The predicted octanol–water partition coefficient (Wildman–Crippen LogP) is 4.18. The summed E-state index contributed by atoms with van der Waals surface area (Å²) in [4.78, 5) is 20.5. The van der Waals surface area contributed by atoms with E-state index in [1.807, 2.05) is 18.2 Å². The standard InChI is InChI=1S/C18H14ClN3O3/c1-24-16-8-7-12(19)9-15(16)17(23)22-13-10-20-18(21-11-13)25-14-5-3-2-4-6-14/h2-11H,1H3,(H,22,23). The van der Waals surface area contributed by atoms with Gasteiger partial charge >= 0.3 is 6.01 Å². The van der Waals surface area contributed by atoms with Crippen molar-refractivity contribution in [1.29, 1.82) is 0 Å². The summed E-state index contributed by atoms with van der Waals surface area (Å²) < 4.78 is 10.7. The maximum atomic E-state index is 12.4. The average Bonchev–Trinajstić information content (AvgIpc) is 2.64. The number of carbonyl (C=O) groups is 1. The minimum atomic E-state index is -0.375. The molecule has 1 amide bonds. The van der Waals surface area contributed by atoms with E-state index in [1.165, 1.54) is 25.6 Å². The van der Waals surface area contributed by atoms with E-state index in [4.69, 9.17) is 21.1 Å². The van der Waals surface area contributed by atoms with Gasteiger partial charge in [0.05, 0.1) is 30.8 Å². The number of para-hydroxylation sites is 1. The van der Waals surface area contributed by atoms with Crippen LogP contribution in [0.5, 0.6) is 17.5 Å². The number of aromatic nitrogens is 2. The number of halogens is 1. The highest BCUT2D eigenvalue weighted by atomic mass is 35.5. The Labute approximate surface area is 149 Å². The van der Waals surface area contributed by atoms with Crippen LogP contribution in [0.3, 0.4) is 0 Å². The smallest absolute Gasteiger partial charge is 0.322 e. The Balaban J connectivity index is 1.71. The van der Waals surface area contributed by atoms with Gasteiger partial charge in [-0.1, -0.05) is 29.8 Å². The lowest BCUT2D eigenvalue weighted by molar-refractivity contribution is 0.102. The second-order valence-electron chi connectivity index (χ2n) is 4.97. The molecule has 1 aromatic heterocycles. The Kier molecular flexibility index (Phi) is 5.11. The zero-order chi connectivity index (χ0) is 17.6. The molecule has 0 unspecified atom stereocenters. The summed E-state index contributed by atoms with van der Waals surface area (Å²) in [5.41, 5.74) is 0.743. The molecule has 0 spiro atoms. The third-order valence-corrected chi connectivity index (χ3v) is 3.48. The Morgan fingerprint density at radius 2 is 1.80 bits per heavy atom. The minimum Gasteiger partial charge on any atom is -0.496 e. The Morgan fingerprint density at radius 3 is 2.48 bits per heavy atom. The van der Waals surface area contributed by atoms with Crippen molar-refractivity contribution in [2.45, 2.75) is 0 Å². The monoisotopic (exact) mass is 355 g/mol. The first kappa shape index (κ1) is 16.7. The van der Waals surface area contributed by atoms with Crippen LogP contribution in [0.1, 0.15) is 10.4 Å². The molecule has 0 aliphatic carbocycles. The number of nitrogens with zero attached hydrogens (tertiary/aromatic N) is 2. The molecule has 0 atom stereocenters. The van der Waals surface area contributed by atoms with Gasteiger partial charge in [0.2, 0.25) is 0 Å². The highest BCUT2D eigenvalue weighted by Crippen LogP contribution is 2.24. The summed E-state index contributed by atoms with van der Waals surface area (Å²) in [6.45, 7) is 0. The second-order valence-corrected chi connectivity index (χ2v) is 5.40. The molecular weight excluding hydrogens is 342 g/mol. The van der Waals surface area contributed by atoms with Crippen LogP contribution in [0.4, 0.5) is 5.69 Å². The lowest BCUT2D eigenvalue weighted by atomic mass is 10.2. The van der Waals surface area contributed by atoms with Gasteiger partial charge in [0.1, 0.15) is 11.5 Å². The zero-order valence-corrected chi connectivity index (χ0v) is 14.0. The van der Waals surface area contributed by atoms with Gasteiger partial charge in [-0.3, -0.25) is 4.79 Å². The molecule has 126 valence electrons. The highest BCUT2D eigenvalue weighted by molar-refractivity contribution is 6.31. The molecule has 3 aromatic rings. The van der Waals surface area contributed by atoms with Gasteiger partial charge in [-0.15, -0.1) is 0 Å². The molecule has 0 saturated carbocycles. The molecule has 0 saturated heterocycles. The number of anilines is 1. The first-order chi connectivity index (χ1) is 12.2. The lowest BCUT2D eigenvalue weighted by Gasteiger charge is -2.10. The largest absolute Gasteiger partial charge is 0.496 e. The van der Waals surface area contributed by atoms with E-state index < -0.39 is 0 Å². The van der Waals surface area contributed by atoms with Gasteiger partial charge < -0.3 is 14.8 Å². The van der Waals surface area contributed by atoms with E-state index in [2.05, 4.69) is 15.3 Å². The van der Waals surface area contributed by atoms with E-state index in [0.717, 1.165) is 0 Å². The predicted molar refractivity (Wildman–Crippen MR) is 94.5 cm³/mol. The van der Waals surface area contributed by atoms with E-state index in [9.17, 15) is 4.79 Å². The third kappa shape index (κ3) is 4.24. The summed E-state index contributed by atoms with van der Waals surface area (Å²) in [6, 6.07) is 14.2. The van der Waals surface area contributed by atoms with E-state index in [0.29, 0.717) is 27.8 Å². The SMILES string of the molecule is COc1ccc(Cl)cc1C(=O)Nc1cnc(Oc2ccccc2)nc1. The van der Waals surface area contributed by atoms with Gasteiger partial charge in [-0.05, 0) is 30.3 Å². The second kappa shape index (κ2) is 7.63. The van der Waals surface area contributed by atoms with Gasteiger partial charge in [0.25, 0.3) is 5.91 Å². The number of methoxy groups -OCH3 is 1. The van der Waals surface area contributed by atoms with E-state index in [1.54, 1.807) is 24.3 Å². The summed E-state index contributed by atoms with van der Waals surface area (Å²) in [5, 5.41) is 3.13. The molecule has 1 heterocycles. The van der Waals surface area contributed by atoms with Crippen LogP contribution in [0, 0.1) is 0 Å². The van der Waals surface area contributed by atoms with Crippen molar-refractivity contribution < 1.29 is 14.3 Å². The molecule has 7 heteroatoms. The summed E-state index contributed by atoms with van der Waals surface area (Å²) in [5.74, 6) is 0.675. The average molecular weight is 356 g/mol. The van der Waals surface area contributed by atoms with Crippen LogP contribution in [0.25, 0.3) is 0 Å². The molecule has 2 aromatic carbocycles. The third-order valence-electron chi connectivity index (χ3n) is 3.24. The van der Waals surface area contributed by atoms with Crippen molar-refractivity contribution in [3.63, 3.8) is 0 Å². The summed E-state index contributed by atoms with van der Waals surface area (Å²) >= 11 is 5.94. The summed E-state index contributed by atoms with van der Waals surface area (Å²) in [6.07, 6.45) is 2.92. The van der Waals surface area contributed by atoms with Crippen molar-refractivity contribution in [2.24, 2.45) is 0 Å². The van der Waals surface area contributed by atoms with Gasteiger partial charge in [-0.25, -0.2) is 9.97 Å². The molecule has 25 heavy (non-hydrogen) atoms. The molecule has 1 N–H and O–H groups in total. The number of amides is 1. The fourth-order valence-electron chi connectivity index (χ4n) is 2.08. The number of carbonyl (C=O) groups excluding carboxylic acids is 1. The van der Waals surface area contributed by atoms with Crippen molar-refractivity contribution in [1.82, 2.24) is 9.97 Å². The Hall–Kier alpha value is -3.12.